The first kappa shape index (κ1) is 14.3. The second-order valence-corrected chi connectivity index (χ2v) is 4.64. The van der Waals surface area contributed by atoms with Crippen molar-refractivity contribution < 1.29 is 0 Å². The van der Waals surface area contributed by atoms with Gasteiger partial charge in [0, 0.05) is 51.7 Å². The van der Waals surface area contributed by atoms with E-state index in [1.807, 2.05) is 22.7 Å². The number of imidazole rings is 1. The third-order valence-electron chi connectivity index (χ3n) is 3.11. The van der Waals surface area contributed by atoms with E-state index in [2.05, 4.69) is 10.1 Å². The normalized spacial score (nSPS) is 10.7. The Balaban J connectivity index is 1.94. The summed E-state index contributed by atoms with van der Waals surface area (Å²) in [5.74, 6) is 0. The van der Waals surface area contributed by atoms with E-state index in [1.165, 1.54) is 4.68 Å². The van der Waals surface area contributed by atoms with Crippen LogP contribution in [0.25, 0.3) is 0 Å². The van der Waals surface area contributed by atoms with Crippen molar-refractivity contribution in [3.05, 3.63) is 41.3 Å². The molecule has 0 bridgehead atoms. The summed E-state index contributed by atoms with van der Waals surface area (Å²) in [5, 5.41) is 4.20. The fraction of sp³-hybridized carbons (Fsp3) is 0.462. The Kier molecular flexibility index (Phi) is 4.89. The Bertz CT molecular complexity index is 577. The van der Waals surface area contributed by atoms with E-state index >= 15 is 0 Å². The molecule has 0 spiro atoms. The molecule has 0 atom stereocenters. The van der Waals surface area contributed by atoms with Crippen LogP contribution in [0.15, 0.2) is 35.8 Å². The molecule has 7 nitrogen and oxygen atoms in total. The number of hydrogen-bond acceptors (Lipinski definition) is 5. The summed E-state index contributed by atoms with van der Waals surface area (Å²) in [6, 6.07) is 1.60. The lowest BCUT2D eigenvalue weighted by Gasteiger charge is -2.17. The fourth-order valence-electron chi connectivity index (χ4n) is 1.95. The van der Waals surface area contributed by atoms with Gasteiger partial charge in [-0.15, -0.1) is 0 Å². The number of nitrogens with zero attached hydrogens (tertiary/aromatic N) is 5. The van der Waals surface area contributed by atoms with Gasteiger partial charge >= 0.3 is 0 Å². The van der Waals surface area contributed by atoms with Crippen molar-refractivity contribution in [2.45, 2.75) is 19.5 Å². The largest absolute Gasteiger partial charge is 0.372 e. The molecule has 20 heavy (non-hydrogen) atoms. The first-order chi connectivity index (χ1) is 9.70. The van der Waals surface area contributed by atoms with Gasteiger partial charge in [-0.3, -0.25) is 4.79 Å². The van der Waals surface area contributed by atoms with Crippen molar-refractivity contribution in [3.63, 3.8) is 0 Å². The zero-order valence-electron chi connectivity index (χ0n) is 11.6. The van der Waals surface area contributed by atoms with E-state index in [-0.39, 0.29) is 5.56 Å². The molecule has 2 N–H and O–H groups in total. The molecule has 0 aliphatic rings. The summed E-state index contributed by atoms with van der Waals surface area (Å²) in [6.45, 7) is 2.66. The molecule has 0 aliphatic carbocycles. The SMILES string of the molecule is CN(CCN)c1cnn(CCCn2ccnc2)c(=O)c1. The van der Waals surface area contributed by atoms with Crippen LogP contribution in [0.5, 0.6) is 0 Å². The predicted octanol–water partition coefficient (Wildman–Crippen LogP) is -0.0750. The van der Waals surface area contributed by atoms with Crippen LogP contribution in [0.2, 0.25) is 0 Å². The number of anilines is 1. The Hall–Kier alpha value is -2.15. The number of hydrogen-bond donors (Lipinski definition) is 1. The molecule has 2 aromatic rings. The van der Waals surface area contributed by atoms with Gasteiger partial charge in [0.25, 0.3) is 5.56 Å². The van der Waals surface area contributed by atoms with E-state index < -0.39 is 0 Å². The minimum atomic E-state index is -0.0861. The molecular formula is C13H20N6O. The summed E-state index contributed by atoms with van der Waals surface area (Å²) in [6.07, 6.45) is 7.95. The standard InChI is InChI=1S/C13H20N6O/c1-17(7-3-14)12-9-13(20)19(16-10-12)6-2-5-18-8-4-15-11-18/h4,8-11H,2-3,5-7,14H2,1H3. The highest BCUT2D eigenvalue weighted by Gasteiger charge is 2.04. The first-order valence-corrected chi connectivity index (χ1v) is 6.65. The van der Waals surface area contributed by atoms with Crippen LogP contribution in [0.1, 0.15) is 6.42 Å². The van der Waals surface area contributed by atoms with Crippen LogP contribution >= 0.6 is 0 Å². The molecule has 0 aliphatic heterocycles. The van der Waals surface area contributed by atoms with Gasteiger partial charge < -0.3 is 15.2 Å². The van der Waals surface area contributed by atoms with Gasteiger partial charge in [0.2, 0.25) is 0 Å². The zero-order chi connectivity index (χ0) is 14.4. The average Bonchev–Trinajstić information content (AvgIpc) is 2.94. The van der Waals surface area contributed by atoms with Crippen molar-refractivity contribution in [1.82, 2.24) is 19.3 Å². The smallest absolute Gasteiger partial charge is 0.268 e. The van der Waals surface area contributed by atoms with Gasteiger partial charge in [0.1, 0.15) is 0 Å². The number of rotatable bonds is 7. The summed E-state index contributed by atoms with van der Waals surface area (Å²) in [4.78, 5) is 17.9. The average molecular weight is 276 g/mol. The van der Waals surface area contributed by atoms with Gasteiger partial charge in [-0.05, 0) is 6.42 Å². The number of aromatic nitrogens is 4. The predicted molar refractivity (Wildman–Crippen MR) is 77.7 cm³/mol. The maximum atomic E-state index is 12.0. The first-order valence-electron chi connectivity index (χ1n) is 6.65. The molecule has 2 rings (SSSR count). The lowest BCUT2D eigenvalue weighted by Crippen LogP contribution is -2.29. The molecule has 0 radical (unpaired) electrons. The summed E-state index contributed by atoms with van der Waals surface area (Å²) >= 11 is 0. The van der Waals surface area contributed by atoms with E-state index in [0.29, 0.717) is 19.6 Å². The Labute approximate surface area is 117 Å². The highest BCUT2D eigenvalue weighted by molar-refractivity contribution is 5.41. The van der Waals surface area contributed by atoms with Crippen LogP contribution in [0, 0.1) is 0 Å². The number of nitrogens with two attached hydrogens (primary N) is 1. The maximum absolute atomic E-state index is 12.0. The summed E-state index contributed by atoms with van der Waals surface area (Å²) < 4.78 is 3.46. The molecule has 108 valence electrons. The lowest BCUT2D eigenvalue weighted by atomic mass is 10.4. The molecule has 0 amide bonds. The van der Waals surface area contributed by atoms with Crippen LogP contribution in [0.3, 0.4) is 0 Å². The molecule has 0 saturated carbocycles. The second kappa shape index (κ2) is 6.85. The maximum Gasteiger partial charge on any atom is 0.268 e. The molecule has 0 fully saturated rings. The topological polar surface area (TPSA) is 82.0 Å². The second-order valence-electron chi connectivity index (χ2n) is 4.64. The molecule has 2 heterocycles. The van der Waals surface area contributed by atoms with E-state index in [4.69, 9.17) is 5.73 Å². The summed E-state index contributed by atoms with van der Waals surface area (Å²) in [5.41, 5.74) is 6.21. The molecule has 7 heteroatoms. The molecule has 2 aromatic heterocycles. The molecule has 0 unspecified atom stereocenters. The molecular weight excluding hydrogens is 256 g/mol. The van der Waals surface area contributed by atoms with Crippen molar-refractivity contribution >= 4 is 5.69 Å². The number of likely N-dealkylation sites (N-methyl/N-ethyl adjacent to an activating group) is 1. The van der Waals surface area contributed by atoms with E-state index in [1.54, 1.807) is 24.8 Å². The van der Waals surface area contributed by atoms with Crippen molar-refractivity contribution in [2.24, 2.45) is 5.73 Å². The third kappa shape index (κ3) is 3.67. The van der Waals surface area contributed by atoms with Crippen LogP contribution in [-0.2, 0) is 13.1 Å². The zero-order valence-corrected chi connectivity index (χ0v) is 11.6. The van der Waals surface area contributed by atoms with Gasteiger partial charge in [0.15, 0.2) is 0 Å². The minimum Gasteiger partial charge on any atom is -0.372 e. The van der Waals surface area contributed by atoms with Crippen LogP contribution in [0.4, 0.5) is 5.69 Å². The highest BCUT2D eigenvalue weighted by Crippen LogP contribution is 2.05. The Morgan fingerprint density at radius 2 is 2.25 bits per heavy atom. The van der Waals surface area contributed by atoms with E-state index in [0.717, 1.165) is 18.7 Å². The lowest BCUT2D eigenvalue weighted by molar-refractivity contribution is 0.506. The van der Waals surface area contributed by atoms with Crippen molar-refractivity contribution in [1.29, 1.82) is 0 Å². The van der Waals surface area contributed by atoms with E-state index in [9.17, 15) is 4.79 Å². The van der Waals surface area contributed by atoms with Gasteiger partial charge in [0.05, 0.1) is 18.2 Å². The van der Waals surface area contributed by atoms with Gasteiger partial charge in [-0.2, -0.15) is 5.10 Å². The quantitative estimate of drug-likeness (QED) is 0.765. The highest BCUT2D eigenvalue weighted by atomic mass is 16.1. The monoisotopic (exact) mass is 276 g/mol. The minimum absolute atomic E-state index is 0.0861. The van der Waals surface area contributed by atoms with Crippen LogP contribution in [-0.4, -0.2) is 39.5 Å². The number of aryl methyl sites for hydroxylation is 2. The third-order valence-corrected chi connectivity index (χ3v) is 3.11. The van der Waals surface area contributed by atoms with Crippen LogP contribution < -0.4 is 16.2 Å². The molecule has 0 aromatic carbocycles. The van der Waals surface area contributed by atoms with Crippen molar-refractivity contribution in [2.75, 3.05) is 25.0 Å². The van der Waals surface area contributed by atoms with Gasteiger partial charge in [-0.25, -0.2) is 9.67 Å². The molecule has 0 saturated heterocycles. The van der Waals surface area contributed by atoms with Crippen molar-refractivity contribution in [3.8, 4) is 0 Å². The van der Waals surface area contributed by atoms with Gasteiger partial charge in [-0.1, -0.05) is 0 Å². The Morgan fingerprint density at radius 1 is 1.40 bits per heavy atom. The summed E-state index contributed by atoms with van der Waals surface area (Å²) in [7, 11) is 1.90. The Morgan fingerprint density at radius 3 is 2.90 bits per heavy atom. The fourth-order valence-corrected chi connectivity index (χ4v) is 1.95.